The number of carbonyl (C=O) groups excluding carboxylic acids is 2. The molecule has 0 fully saturated rings. The van der Waals surface area contributed by atoms with Gasteiger partial charge in [0.05, 0.1) is 23.3 Å². The van der Waals surface area contributed by atoms with Crippen LogP contribution < -0.4 is 10.6 Å². The third-order valence-electron chi connectivity index (χ3n) is 3.13. The standard InChI is InChI=1S/C18H14N4O2/c19-11-13-3-1-5-15(9-13)21-17(23)7-8-18(24)22-16-6-2-4-14(10-16)12-20/h1-6,9-10H,7-8H2,(H,21,23)(H,22,24). The molecule has 6 nitrogen and oxygen atoms in total. The van der Waals surface area contributed by atoms with Crippen LogP contribution >= 0.6 is 0 Å². The van der Waals surface area contributed by atoms with Crippen molar-refractivity contribution in [3.63, 3.8) is 0 Å². The molecule has 0 heterocycles. The molecule has 0 bridgehead atoms. The molecule has 0 aromatic heterocycles. The van der Waals surface area contributed by atoms with Crippen molar-refractivity contribution in [2.45, 2.75) is 12.8 Å². The zero-order valence-corrected chi connectivity index (χ0v) is 12.7. The lowest BCUT2D eigenvalue weighted by Crippen LogP contribution is -2.17. The normalized spacial score (nSPS) is 9.42. The highest BCUT2D eigenvalue weighted by Gasteiger charge is 2.08. The van der Waals surface area contributed by atoms with Crippen molar-refractivity contribution in [3.05, 3.63) is 59.7 Å². The largest absolute Gasteiger partial charge is 0.326 e. The van der Waals surface area contributed by atoms with Gasteiger partial charge in [-0.1, -0.05) is 12.1 Å². The fourth-order valence-corrected chi connectivity index (χ4v) is 2.01. The first kappa shape index (κ1) is 16.7. The summed E-state index contributed by atoms with van der Waals surface area (Å²) in [5, 5.41) is 22.9. The van der Waals surface area contributed by atoms with Gasteiger partial charge < -0.3 is 10.6 Å². The highest BCUT2D eigenvalue weighted by Crippen LogP contribution is 2.12. The summed E-state index contributed by atoms with van der Waals surface area (Å²) in [6, 6.07) is 17.1. The van der Waals surface area contributed by atoms with Crippen molar-refractivity contribution in [1.29, 1.82) is 10.5 Å². The highest BCUT2D eigenvalue weighted by molar-refractivity contribution is 5.96. The van der Waals surface area contributed by atoms with Crippen molar-refractivity contribution in [1.82, 2.24) is 0 Å². The molecule has 0 spiro atoms. The first-order valence-corrected chi connectivity index (χ1v) is 7.21. The van der Waals surface area contributed by atoms with E-state index in [2.05, 4.69) is 10.6 Å². The molecule has 0 aliphatic rings. The van der Waals surface area contributed by atoms with Crippen LogP contribution in [0.1, 0.15) is 24.0 Å². The second-order valence-corrected chi connectivity index (χ2v) is 4.98. The molecule has 0 saturated carbocycles. The fraction of sp³-hybridized carbons (Fsp3) is 0.111. The van der Waals surface area contributed by atoms with Crippen molar-refractivity contribution < 1.29 is 9.59 Å². The molecule has 0 aliphatic carbocycles. The molecule has 118 valence electrons. The average molecular weight is 318 g/mol. The number of carbonyl (C=O) groups is 2. The van der Waals surface area contributed by atoms with E-state index in [4.69, 9.17) is 10.5 Å². The third kappa shape index (κ3) is 4.97. The topological polar surface area (TPSA) is 106 Å². The lowest BCUT2D eigenvalue weighted by atomic mass is 10.2. The minimum atomic E-state index is -0.314. The van der Waals surface area contributed by atoms with Crippen molar-refractivity contribution in [2.75, 3.05) is 10.6 Å². The van der Waals surface area contributed by atoms with E-state index in [1.807, 2.05) is 12.1 Å². The Kier molecular flexibility index (Phi) is 5.65. The maximum atomic E-state index is 11.9. The van der Waals surface area contributed by atoms with Gasteiger partial charge in [-0.25, -0.2) is 0 Å². The van der Waals surface area contributed by atoms with Crippen molar-refractivity contribution in [3.8, 4) is 12.1 Å². The number of anilines is 2. The molecular weight excluding hydrogens is 304 g/mol. The van der Waals surface area contributed by atoms with Gasteiger partial charge in [0, 0.05) is 24.2 Å². The van der Waals surface area contributed by atoms with Crippen LogP contribution in [-0.2, 0) is 9.59 Å². The Morgan fingerprint density at radius 3 is 1.58 bits per heavy atom. The zero-order valence-electron chi connectivity index (χ0n) is 12.7. The van der Waals surface area contributed by atoms with Crippen molar-refractivity contribution >= 4 is 23.2 Å². The van der Waals surface area contributed by atoms with E-state index < -0.39 is 0 Å². The van der Waals surface area contributed by atoms with Gasteiger partial charge in [-0.15, -0.1) is 0 Å². The van der Waals surface area contributed by atoms with E-state index in [0.717, 1.165) is 0 Å². The maximum Gasteiger partial charge on any atom is 0.224 e. The second kappa shape index (κ2) is 8.11. The van der Waals surface area contributed by atoms with Gasteiger partial charge in [-0.2, -0.15) is 10.5 Å². The summed E-state index contributed by atoms with van der Waals surface area (Å²) in [4.78, 5) is 23.7. The van der Waals surface area contributed by atoms with Gasteiger partial charge in [0.15, 0.2) is 0 Å². The Bertz CT molecular complexity index is 775. The minimum Gasteiger partial charge on any atom is -0.326 e. The molecule has 2 rings (SSSR count). The van der Waals surface area contributed by atoms with E-state index in [1.165, 1.54) is 0 Å². The fourth-order valence-electron chi connectivity index (χ4n) is 2.01. The minimum absolute atomic E-state index is 0.0144. The van der Waals surface area contributed by atoms with Crippen LogP contribution in [0.25, 0.3) is 0 Å². The SMILES string of the molecule is N#Cc1cccc(NC(=O)CCC(=O)Nc2cccc(C#N)c2)c1. The average Bonchev–Trinajstić information content (AvgIpc) is 2.60. The number of amides is 2. The summed E-state index contributed by atoms with van der Waals surface area (Å²) in [7, 11) is 0. The third-order valence-corrected chi connectivity index (χ3v) is 3.13. The number of nitrogens with zero attached hydrogens (tertiary/aromatic N) is 2. The summed E-state index contributed by atoms with van der Waals surface area (Å²) in [6.07, 6.45) is 0.0289. The molecule has 2 amide bonds. The van der Waals surface area contributed by atoms with Crippen LogP contribution in [0, 0.1) is 22.7 Å². The smallest absolute Gasteiger partial charge is 0.224 e. The molecule has 2 N–H and O–H groups in total. The van der Waals surface area contributed by atoms with Crippen LogP contribution in [0.15, 0.2) is 48.5 Å². The summed E-state index contributed by atoms with van der Waals surface area (Å²) >= 11 is 0. The van der Waals surface area contributed by atoms with Gasteiger partial charge >= 0.3 is 0 Å². The van der Waals surface area contributed by atoms with Crippen LogP contribution in [0.4, 0.5) is 11.4 Å². The van der Waals surface area contributed by atoms with E-state index in [-0.39, 0.29) is 24.7 Å². The van der Waals surface area contributed by atoms with Crippen LogP contribution in [0.5, 0.6) is 0 Å². The molecule has 6 heteroatoms. The predicted octanol–water partition coefficient (Wildman–Crippen LogP) is 2.79. The van der Waals surface area contributed by atoms with E-state index in [0.29, 0.717) is 22.5 Å². The number of nitriles is 2. The second-order valence-electron chi connectivity index (χ2n) is 4.98. The summed E-state index contributed by atoms with van der Waals surface area (Å²) < 4.78 is 0. The molecule has 2 aromatic carbocycles. The monoisotopic (exact) mass is 318 g/mol. The highest BCUT2D eigenvalue weighted by atomic mass is 16.2. The van der Waals surface area contributed by atoms with Crippen LogP contribution in [0.2, 0.25) is 0 Å². The maximum absolute atomic E-state index is 11.9. The van der Waals surface area contributed by atoms with Gasteiger partial charge in [0.25, 0.3) is 0 Å². The molecule has 0 atom stereocenters. The summed E-state index contributed by atoms with van der Waals surface area (Å²) in [5.74, 6) is -0.628. The zero-order chi connectivity index (χ0) is 17.4. The van der Waals surface area contributed by atoms with Gasteiger partial charge in [0.1, 0.15) is 0 Å². The summed E-state index contributed by atoms with van der Waals surface area (Å²) in [6.45, 7) is 0. The molecule has 0 radical (unpaired) electrons. The Morgan fingerprint density at radius 1 is 0.792 bits per heavy atom. The summed E-state index contributed by atoms with van der Waals surface area (Å²) in [5.41, 5.74) is 1.92. The Hall–Kier alpha value is -3.64. The molecule has 0 aliphatic heterocycles. The molecule has 0 saturated heterocycles. The number of rotatable bonds is 5. The predicted molar refractivity (Wildman–Crippen MR) is 88.8 cm³/mol. The Labute approximate surface area is 139 Å². The molecule has 24 heavy (non-hydrogen) atoms. The molecule has 2 aromatic rings. The number of hydrogen-bond acceptors (Lipinski definition) is 4. The molecular formula is C18H14N4O2. The first-order chi connectivity index (χ1) is 11.6. The van der Waals surface area contributed by atoms with E-state index in [1.54, 1.807) is 48.5 Å². The number of benzene rings is 2. The number of hydrogen-bond donors (Lipinski definition) is 2. The first-order valence-electron chi connectivity index (χ1n) is 7.21. The van der Waals surface area contributed by atoms with Crippen LogP contribution in [-0.4, -0.2) is 11.8 Å². The van der Waals surface area contributed by atoms with Crippen molar-refractivity contribution in [2.24, 2.45) is 0 Å². The Morgan fingerprint density at radius 2 is 1.21 bits per heavy atom. The van der Waals surface area contributed by atoms with Gasteiger partial charge in [-0.05, 0) is 36.4 Å². The Balaban J connectivity index is 1.83. The molecule has 0 unspecified atom stereocenters. The quantitative estimate of drug-likeness (QED) is 0.884. The van der Waals surface area contributed by atoms with E-state index in [9.17, 15) is 9.59 Å². The lowest BCUT2D eigenvalue weighted by molar-refractivity contribution is -0.121. The van der Waals surface area contributed by atoms with Gasteiger partial charge in [-0.3, -0.25) is 9.59 Å². The number of nitrogens with one attached hydrogen (secondary N) is 2. The van der Waals surface area contributed by atoms with Gasteiger partial charge in [0.2, 0.25) is 11.8 Å². The van der Waals surface area contributed by atoms with Crippen LogP contribution in [0.3, 0.4) is 0 Å². The van der Waals surface area contributed by atoms with E-state index >= 15 is 0 Å². The lowest BCUT2D eigenvalue weighted by Gasteiger charge is -2.07.